The van der Waals surface area contributed by atoms with E-state index in [2.05, 4.69) is 26.5 Å². The largest absolute Gasteiger partial charge is 0.326 e. The smallest absolute Gasteiger partial charge is 0.227 e. The summed E-state index contributed by atoms with van der Waals surface area (Å²) in [4.78, 5) is 15.1. The summed E-state index contributed by atoms with van der Waals surface area (Å²) in [7, 11) is 0. The number of halogens is 1. The minimum absolute atomic E-state index is 0.0399. The quantitative estimate of drug-likeness (QED) is 0.622. The van der Waals surface area contributed by atoms with Gasteiger partial charge in [-0.15, -0.1) is 10.2 Å². The van der Waals surface area contributed by atoms with E-state index in [4.69, 9.17) is 11.6 Å². The maximum absolute atomic E-state index is 12.8. The molecule has 7 heteroatoms. The lowest BCUT2D eigenvalue weighted by atomic mass is 9.95. The number of piperidine rings is 1. The van der Waals surface area contributed by atoms with Crippen LogP contribution in [0.1, 0.15) is 23.4 Å². The number of rotatable bonds is 5. The van der Waals surface area contributed by atoms with Gasteiger partial charge in [-0.25, -0.2) is 0 Å². The van der Waals surface area contributed by atoms with Crippen molar-refractivity contribution in [1.29, 1.82) is 0 Å². The molecule has 5 nitrogen and oxygen atoms in total. The first kappa shape index (κ1) is 20.0. The second kappa shape index (κ2) is 9.03. The van der Waals surface area contributed by atoms with E-state index in [1.165, 1.54) is 5.56 Å². The van der Waals surface area contributed by atoms with Crippen LogP contribution in [-0.4, -0.2) is 34.1 Å². The maximum Gasteiger partial charge on any atom is 0.227 e. The number of nitrogens with one attached hydrogen (secondary N) is 1. The molecular weight excluding hydrogens is 404 g/mol. The maximum atomic E-state index is 12.8. The van der Waals surface area contributed by atoms with E-state index in [0.29, 0.717) is 0 Å². The summed E-state index contributed by atoms with van der Waals surface area (Å²) < 4.78 is 0. The first-order valence-corrected chi connectivity index (χ1v) is 10.9. The number of hydrogen-bond donors (Lipinski definition) is 1. The third-order valence-corrected chi connectivity index (χ3v) is 6.28. The lowest BCUT2D eigenvalue weighted by Crippen LogP contribution is -2.37. The van der Waals surface area contributed by atoms with Crippen LogP contribution in [0.3, 0.4) is 0 Å². The summed E-state index contributed by atoms with van der Waals surface area (Å²) in [6.45, 7) is 4.63. The molecule has 1 saturated heterocycles. The molecule has 1 N–H and O–H groups in total. The molecule has 2 aromatic carbocycles. The van der Waals surface area contributed by atoms with Crippen molar-refractivity contribution in [3.63, 3.8) is 0 Å². The molecule has 0 radical (unpaired) electrons. The molecule has 1 aromatic heterocycles. The number of carbonyl (C=O) groups is 1. The normalized spacial score (nSPS) is 15.4. The number of amides is 1. The highest BCUT2D eigenvalue weighted by Crippen LogP contribution is 2.27. The minimum atomic E-state index is 0.0399. The Morgan fingerprint density at radius 2 is 1.97 bits per heavy atom. The molecule has 4 rings (SSSR count). The molecule has 0 atom stereocenters. The van der Waals surface area contributed by atoms with E-state index >= 15 is 0 Å². The summed E-state index contributed by atoms with van der Waals surface area (Å²) in [6, 6.07) is 15.8. The van der Waals surface area contributed by atoms with Gasteiger partial charge in [0.15, 0.2) is 0 Å². The Morgan fingerprint density at radius 3 is 2.69 bits per heavy atom. The van der Waals surface area contributed by atoms with Crippen LogP contribution in [0.4, 0.5) is 5.69 Å². The Balaban J connectivity index is 1.32. The van der Waals surface area contributed by atoms with Gasteiger partial charge in [0.25, 0.3) is 0 Å². The Morgan fingerprint density at radius 1 is 1.17 bits per heavy atom. The topological polar surface area (TPSA) is 58.1 Å². The second-order valence-corrected chi connectivity index (χ2v) is 8.99. The molecule has 2 heterocycles. The highest BCUT2D eigenvalue weighted by Gasteiger charge is 2.25. The molecule has 3 aromatic rings. The SMILES string of the molecule is Cc1nnc(-c2cccc(NC(=O)C3CCN(Cc4cccc(Cl)c4)CC3)c2)s1. The van der Waals surface area contributed by atoms with Crippen LogP contribution in [0.15, 0.2) is 48.5 Å². The van der Waals surface area contributed by atoms with Gasteiger partial charge in [0.05, 0.1) is 0 Å². The zero-order valence-electron chi connectivity index (χ0n) is 16.3. The minimum Gasteiger partial charge on any atom is -0.326 e. The number of anilines is 1. The fourth-order valence-electron chi connectivity index (χ4n) is 3.63. The van der Waals surface area contributed by atoms with Crippen molar-refractivity contribution in [2.75, 3.05) is 18.4 Å². The number of nitrogens with zero attached hydrogens (tertiary/aromatic N) is 3. The van der Waals surface area contributed by atoms with E-state index in [-0.39, 0.29) is 11.8 Å². The van der Waals surface area contributed by atoms with Gasteiger partial charge in [-0.2, -0.15) is 0 Å². The van der Waals surface area contributed by atoms with E-state index in [0.717, 1.165) is 58.8 Å². The number of carbonyl (C=O) groups excluding carboxylic acids is 1. The molecule has 1 aliphatic heterocycles. The van der Waals surface area contributed by atoms with Gasteiger partial charge in [0, 0.05) is 28.7 Å². The summed E-state index contributed by atoms with van der Waals surface area (Å²) >= 11 is 7.63. The number of aryl methyl sites for hydroxylation is 1. The molecule has 0 spiro atoms. The molecule has 1 fully saturated rings. The van der Waals surface area contributed by atoms with Crippen LogP contribution in [0.25, 0.3) is 10.6 Å². The fourth-order valence-corrected chi connectivity index (χ4v) is 4.54. The third kappa shape index (κ3) is 5.21. The predicted octanol–water partition coefficient (Wildman–Crippen LogP) is 5.02. The summed E-state index contributed by atoms with van der Waals surface area (Å²) in [5.74, 6) is 0.135. The highest BCUT2D eigenvalue weighted by molar-refractivity contribution is 7.14. The van der Waals surface area contributed by atoms with Crippen LogP contribution in [0.2, 0.25) is 5.02 Å². The Hall–Kier alpha value is -2.28. The van der Waals surface area contributed by atoms with Gasteiger partial charge in [0.1, 0.15) is 10.0 Å². The summed E-state index contributed by atoms with van der Waals surface area (Å²) in [5.41, 5.74) is 3.00. The van der Waals surface area contributed by atoms with E-state index in [9.17, 15) is 4.79 Å². The average Bonchev–Trinajstić information content (AvgIpc) is 3.15. The van der Waals surface area contributed by atoms with Crippen molar-refractivity contribution < 1.29 is 4.79 Å². The van der Waals surface area contributed by atoms with Crippen molar-refractivity contribution >= 4 is 34.5 Å². The van der Waals surface area contributed by atoms with Crippen LogP contribution >= 0.6 is 22.9 Å². The van der Waals surface area contributed by atoms with Crippen LogP contribution in [0, 0.1) is 12.8 Å². The van der Waals surface area contributed by atoms with Crippen LogP contribution in [-0.2, 0) is 11.3 Å². The van der Waals surface area contributed by atoms with Crippen molar-refractivity contribution in [1.82, 2.24) is 15.1 Å². The van der Waals surface area contributed by atoms with Crippen LogP contribution < -0.4 is 5.32 Å². The summed E-state index contributed by atoms with van der Waals surface area (Å²) in [6.07, 6.45) is 1.73. The lowest BCUT2D eigenvalue weighted by Gasteiger charge is -2.31. The number of benzene rings is 2. The lowest BCUT2D eigenvalue weighted by molar-refractivity contribution is -0.121. The second-order valence-electron chi connectivity index (χ2n) is 7.38. The van der Waals surface area contributed by atoms with Gasteiger partial charge in [0.2, 0.25) is 5.91 Å². The molecular formula is C22H23ClN4OS. The molecule has 0 unspecified atom stereocenters. The zero-order chi connectivity index (χ0) is 20.2. The molecule has 1 aliphatic rings. The fraction of sp³-hybridized carbons (Fsp3) is 0.318. The van der Waals surface area contributed by atoms with Crippen molar-refractivity contribution in [2.24, 2.45) is 5.92 Å². The summed E-state index contributed by atoms with van der Waals surface area (Å²) in [5, 5.41) is 13.9. The molecule has 29 heavy (non-hydrogen) atoms. The number of aromatic nitrogens is 2. The highest BCUT2D eigenvalue weighted by atomic mass is 35.5. The van der Waals surface area contributed by atoms with Gasteiger partial charge >= 0.3 is 0 Å². The zero-order valence-corrected chi connectivity index (χ0v) is 17.8. The van der Waals surface area contributed by atoms with Gasteiger partial charge < -0.3 is 5.32 Å². The monoisotopic (exact) mass is 426 g/mol. The van der Waals surface area contributed by atoms with Crippen molar-refractivity contribution in [3.8, 4) is 10.6 Å². The Bertz CT molecular complexity index is 998. The third-order valence-electron chi connectivity index (χ3n) is 5.16. The van der Waals surface area contributed by atoms with Crippen molar-refractivity contribution in [3.05, 3.63) is 64.1 Å². The first-order valence-electron chi connectivity index (χ1n) is 9.75. The molecule has 0 saturated carbocycles. The van der Waals surface area contributed by atoms with E-state index in [1.54, 1.807) is 11.3 Å². The average molecular weight is 427 g/mol. The van der Waals surface area contributed by atoms with Crippen molar-refractivity contribution in [2.45, 2.75) is 26.3 Å². The Kier molecular flexibility index (Phi) is 6.23. The molecule has 1 amide bonds. The Labute approximate surface area is 179 Å². The number of likely N-dealkylation sites (tertiary alicyclic amines) is 1. The van der Waals surface area contributed by atoms with E-state index in [1.807, 2.05) is 49.4 Å². The molecule has 150 valence electrons. The van der Waals surface area contributed by atoms with Gasteiger partial charge in [-0.05, 0) is 62.7 Å². The molecule has 0 bridgehead atoms. The first-order chi connectivity index (χ1) is 14.1. The van der Waals surface area contributed by atoms with Crippen LogP contribution in [0.5, 0.6) is 0 Å². The number of hydrogen-bond acceptors (Lipinski definition) is 5. The van der Waals surface area contributed by atoms with Gasteiger partial charge in [-0.1, -0.05) is 47.2 Å². The van der Waals surface area contributed by atoms with E-state index < -0.39 is 0 Å². The van der Waals surface area contributed by atoms with Gasteiger partial charge in [-0.3, -0.25) is 9.69 Å². The predicted molar refractivity (Wildman–Crippen MR) is 118 cm³/mol. The molecule has 0 aliphatic carbocycles. The standard InChI is InChI=1S/C22H23ClN4OS/c1-15-25-26-22(29-15)18-5-3-7-20(13-18)24-21(28)17-8-10-27(11-9-17)14-16-4-2-6-19(23)12-16/h2-7,12-13,17H,8-11,14H2,1H3,(H,24,28).